The van der Waals surface area contributed by atoms with Gasteiger partial charge in [-0.05, 0) is 49.2 Å². The molecule has 1 aliphatic heterocycles. The summed E-state index contributed by atoms with van der Waals surface area (Å²) < 4.78 is 5.80. The number of nitrogens with zero attached hydrogens (tertiary/aromatic N) is 2. The number of rotatable bonds is 6. The largest absolute Gasteiger partial charge is 0.481 e. The molecule has 30 heavy (non-hydrogen) atoms. The maximum absolute atomic E-state index is 12.4. The Morgan fingerprint density at radius 3 is 2.50 bits per heavy atom. The lowest BCUT2D eigenvalue weighted by molar-refractivity contribution is -0.118. The molecule has 7 nitrogen and oxygen atoms in total. The van der Waals surface area contributed by atoms with Crippen molar-refractivity contribution in [2.75, 3.05) is 35.2 Å². The van der Waals surface area contributed by atoms with Gasteiger partial charge < -0.3 is 20.3 Å². The minimum Gasteiger partial charge on any atom is -0.481 e. The van der Waals surface area contributed by atoms with Crippen molar-refractivity contribution in [3.8, 4) is 5.75 Å². The third kappa shape index (κ3) is 4.68. The molecule has 0 bridgehead atoms. The number of carbonyl (C=O) groups excluding carboxylic acids is 2. The van der Waals surface area contributed by atoms with Crippen LogP contribution in [-0.2, 0) is 9.59 Å². The molecular formula is C23H24N4O3. The SMILES string of the molecule is CC(=O)Nc1cccc(NC(=O)COc2cccc3ccc(N4CCCC4)nc23)c1. The summed E-state index contributed by atoms with van der Waals surface area (Å²) in [5.74, 6) is 1.06. The molecule has 3 aromatic rings. The van der Waals surface area contributed by atoms with E-state index in [1.165, 1.54) is 19.8 Å². The number of ether oxygens (including phenoxy) is 1. The third-order valence-electron chi connectivity index (χ3n) is 4.92. The second-order valence-corrected chi connectivity index (χ2v) is 7.29. The van der Waals surface area contributed by atoms with E-state index in [4.69, 9.17) is 9.72 Å². The highest BCUT2D eigenvalue weighted by Crippen LogP contribution is 2.28. The van der Waals surface area contributed by atoms with Crippen molar-refractivity contribution < 1.29 is 14.3 Å². The molecule has 2 aromatic carbocycles. The summed E-state index contributed by atoms with van der Waals surface area (Å²) in [7, 11) is 0. The molecule has 0 unspecified atom stereocenters. The fraction of sp³-hybridized carbons (Fsp3) is 0.261. The highest BCUT2D eigenvalue weighted by Gasteiger charge is 2.15. The van der Waals surface area contributed by atoms with Gasteiger partial charge in [0.2, 0.25) is 5.91 Å². The molecule has 1 saturated heterocycles. The zero-order valence-corrected chi connectivity index (χ0v) is 16.9. The maximum Gasteiger partial charge on any atom is 0.262 e. The van der Waals surface area contributed by atoms with Gasteiger partial charge in [0.05, 0.1) is 0 Å². The van der Waals surface area contributed by atoms with Crippen molar-refractivity contribution in [1.82, 2.24) is 4.98 Å². The zero-order chi connectivity index (χ0) is 20.9. The molecule has 4 rings (SSSR count). The molecule has 154 valence electrons. The van der Waals surface area contributed by atoms with Gasteiger partial charge in [-0.3, -0.25) is 9.59 Å². The van der Waals surface area contributed by atoms with Crippen LogP contribution in [0.2, 0.25) is 0 Å². The highest BCUT2D eigenvalue weighted by atomic mass is 16.5. The van der Waals surface area contributed by atoms with Crippen LogP contribution in [0.5, 0.6) is 5.75 Å². The lowest BCUT2D eigenvalue weighted by Crippen LogP contribution is -2.21. The Balaban J connectivity index is 1.44. The van der Waals surface area contributed by atoms with Gasteiger partial charge in [-0.25, -0.2) is 4.98 Å². The monoisotopic (exact) mass is 404 g/mol. The second-order valence-electron chi connectivity index (χ2n) is 7.29. The van der Waals surface area contributed by atoms with Crippen molar-refractivity contribution in [2.45, 2.75) is 19.8 Å². The van der Waals surface area contributed by atoms with Crippen molar-refractivity contribution in [1.29, 1.82) is 0 Å². The lowest BCUT2D eigenvalue weighted by atomic mass is 10.2. The van der Waals surface area contributed by atoms with Crippen LogP contribution >= 0.6 is 0 Å². The van der Waals surface area contributed by atoms with Crippen molar-refractivity contribution in [2.24, 2.45) is 0 Å². The van der Waals surface area contributed by atoms with Crippen LogP contribution in [-0.4, -0.2) is 36.5 Å². The number of anilines is 3. The van der Waals surface area contributed by atoms with Crippen molar-refractivity contribution in [3.63, 3.8) is 0 Å². The number of para-hydroxylation sites is 1. The number of aromatic nitrogens is 1. The predicted octanol–water partition coefficient (Wildman–Crippen LogP) is 3.81. The minimum absolute atomic E-state index is 0.140. The standard InChI is InChI=1S/C23H24N4O3/c1-16(28)24-18-7-5-8-19(14-18)25-22(29)15-30-20-9-4-6-17-10-11-21(26-23(17)20)27-12-2-3-13-27/h4-11,14H,2-3,12-13,15H2,1H3,(H,24,28)(H,25,29). The summed E-state index contributed by atoms with van der Waals surface area (Å²) in [5, 5.41) is 6.45. The first kappa shape index (κ1) is 19.7. The fourth-order valence-corrected chi connectivity index (χ4v) is 3.57. The number of amides is 2. The summed E-state index contributed by atoms with van der Waals surface area (Å²) in [6.45, 7) is 3.33. The Kier molecular flexibility index (Phi) is 5.79. The number of pyridine rings is 1. The highest BCUT2D eigenvalue weighted by molar-refractivity contribution is 5.94. The number of carbonyl (C=O) groups is 2. The van der Waals surface area contributed by atoms with Crippen LogP contribution in [0.1, 0.15) is 19.8 Å². The van der Waals surface area contributed by atoms with Gasteiger partial charge in [-0.1, -0.05) is 18.2 Å². The molecule has 0 atom stereocenters. The van der Waals surface area contributed by atoms with Gasteiger partial charge >= 0.3 is 0 Å². The molecule has 0 radical (unpaired) electrons. The van der Waals surface area contributed by atoms with Crippen LogP contribution < -0.4 is 20.3 Å². The van der Waals surface area contributed by atoms with Crippen LogP contribution in [0.25, 0.3) is 10.9 Å². The van der Waals surface area contributed by atoms with E-state index in [1.54, 1.807) is 24.3 Å². The Hall–Kier alpha value is -3.61. The van der Waals surface area contributed by atoms with E-state index < -0.39 is 0 Å². The summed E-state index contributed by atoms with van der Waals surface area (Å²) in [4.78, 5) is 30.6. The first-order valence-corrected chi connectivity index (χ1v) is 10.0. The summed E-state index contributed by atoms with van der Waals surface area (Å²) in [6, 6.07) is 16.7. The molecule has 1 aromatic heterocycles. The van der Waals surface area contributed by atoms with Crippen molar-refractivity contribution >= 4 is 39.9 Å². The lowest BCUT2D eigenvalue weighted by Gasteiger charge is -2.17. The molecule has 2 amide bonds. The van der Waals surface area contributed by atoms with Crippen LogP contribution in [0.4, 0.5) is 17.2 Å². The maximum atomic E-state index is 12.4. The van der Waals surface area contributed by atoms with E-state index in [0.717, 1.165) is 29.8 Å². The quantitative estimate of drug-likeness (QED) is 0.653. The minimum atomic E-state index is -0.289. The van der Waals surface area contributed by atoms with E-state index in [2.05, 4.69) is 15.5 Å². The van der Waals surface area contributed by atoms with Gasteiger partial charge in [-0.2, -0.15) is 0 Å². The summed E-state index contributed by atoms with van der Waals surface area (Å²) >= 11 is 0. The molecule has 0 spiro atoms. The van der Waals surface area contributed by atoms with E-state index in [-0.39, 0.29) is 18.4 Å². The van der Waals surface area contributed by atoms with E-state index in [1.807, 2.05) is 30.3 Å². The average molecular weight is 404 g/mol. The molecular weight excluding hydrogens is 380 g/mol. The van der Waals surface area contributed by atoms with E-state index >= 15 is 0 Å². The van der Waals surface area contributed by atoms with Gasteiger partial charge in [0.25, 0.3) is 5.91 Å². The normalized spacial score (nSPS) is 13.3. The topological polar surface area (TPSA) is 83.6 Å². The first-order chi connectivity index (χ1) is 14.6. The average Bonchev–Trinajstić information content (AvgIpc) is 3.26. The van der Waals surface area contributed by atoms with Gasteiger partial charge in [-0.15, -0.1) is 0 Å². The molecule has 0 aliphatic carbocycles. The van der Waals surface area contributed by atoms with E-state index in [0.29, 0.717) is 17.1 Å². The predicted molar refractivity (Wildman–Crippen MR) is 118 cm³/mol. The fourth-order valence-electron chi connectivity index (χ4n) is 3.57. The number of nitrogens with one attached hydrogen (secondary N) is 2. The molecule has 2 heterocycles. The van der Waals surface area contributed by atoms with Gasteiger partial charge in [0.1, 0.15) is 17.1 Å². The zero-order valence-electron chi connectivity index (χ0n) is 16.9. The molecule has 1 fully saturated rings. The Labute approximate surface area is 175 Å². The Bertz CT molecular complexity index is 1080. The Morgan fingerprint density at radius 1 is 1.00 bits per heavy atom. The van der Waals surface area contributed by atoms with Crippen LogP contribution in [0.15, 0.2) is 54.6 Å². The summed E-state index contributed by atoms with van der Waals surface area (Å²) in [5.41, 5.74) is 1.96. The number of hydrogen-bond acceptors (Lipinski definition) is 5. The molecule has 7 heteroatoms. The van der Waals surface area contributed by atoms with Crippen LogP contribution in [0, 0.1) is 0 Å². The van der Waals surface area contributed by atoms with Gasteiger partial charge in [0, 0.05) is 36.8 Å². The smallest absolute Gasteiger partial charge is 0.262 e. The van der Waals surface area contributed by atoms with E-state index in [9.17, 15) is 9.59 Å². The number of benzene rings is 2. The van der Waals surface area contributed by atoms with Gasteiger partial charge in [0.15, 0.2) is 6.61 Å². The van der Waals surface area contributed by atoms with Crippen LogP contribution in [0.3, 0.4) is 0 Å². The third-order valence-corrected chi connectivity index (χ3v) is 4.92. The number of hydrogen-bond donors (Lipinski definition) is 2. The molecule has 1 aliphatic rings. The Morgan fingerprint density at radius 2 is 1.73 bits per heavy atom. The molecule has 0 saturated carbocycles. The molecule has 2 N–H and O–H groups in total. The van der Waals surface area contributed by atoms with Crippen molar-refractivity contribution in [3.05, 3.63) is 54.6 Å². The first-order valence-electron chi connectivity index (χ1n) is 10.0. The number of fused-ring (bicyclic) bond motifs is 1. The summed E-state index contributed by atoms with van der Waals surface area (Å²) in [6.07, 6.45) is 2.36. The second kappa shape index (κ2) is 8.82.